The molecular formula is C15H26O. The molecule has 0 aliphatic heterocycles. The van der Waals surface area contributed by atoms with E-state index in [2.05, 4.69) is 20.8 Å². The van der Waals surface area contributed by atoms with Crippen molar-refractivity contribution in [3.8, 4) is 0 Å². The van der Waals surface area contributed by atoms with Crippen molar-refractivity contribution in [2.75, 3.05) is 0 Å². The van der Waals surface area contributed by atoms with Crippen LogP contribution >= 0.6 is 0 Å². The maximum absolute atomic E-state index is 10.7. The quantitative estimate of drug-likeness (QED) is 0.754. The molecule has 1 N–H and O–H groups in total. The summed E-state index contributed by atoms with van der Waals surface area (Å²) in [6.07, 6.45) is 9.32. The predicted octanol–water partition coefficient (Wildman–Crippen LogP) is 3.75. The van der Waals surface area contributed by atoms with Crippen LogP contribution in [0.15, 0.2) is 0 Å². The highest BCUT2D eigenvalue weighted by Crippen LogP contribution is 2.69. The second-order valence-electron chi connectivity index (χ2n) is 7.32. The molecule has 1 nitrogen and oxygen atoms in total. The number of aliphatic hydroxyl groups is 1. The minimum absolute atomic E-state index is 0.349. The summed E-state index contributed by atoms with van der Waals surface area (Å²) in [5.74, 6) is 1.18. The van der Waals surface area contributed by atoms with Crippen LogP contribution in [-0.2, 0) is 0 Å². The summed E-state index contributed by atoms with van der Waals surface area (Å²) in [7, 11) is 0. The van der Waals surface area contributed by atoms with Gasteiger partial charge in [-0.3, -0.25) is 0 Å². The predicted molar refractivity (Wildman–Crippen MR) is 66.1 cm³/mol. The third-order valence-electron chi connectivity index (χ3n) is 6.62. The highest BCUT2D eigenvalue weighted by atomic mass is 16.3. The van der Waals surface area contributed by atoms with Gasteiger partial charge in [-0.1, -0.05) is 26.7 Å². The van der Waals surface area contributed by atoms with E-state index in [0.29, 0.717) is 22.7 Å². The van der Waals surface area contributed by atoms with Gasteiger partial charge in [0.15, 0.2) is 0 Å². The molecule has 0 saturated heterocycles. The summed E-state index contributed by atoms with van der Waals surface area (Å²) < 4.78 is 0. The molecule has 92 valence electrons. The Balaban J connectivity index is 2.00. The topological polar surface area (TPSA) is 20.2 Å². The van der Waals surface area contributed by atoms with Gasteiger partial charge in [-0.25, -0.2) is 0 Å². The first-order valence-corrected chi connectivity index (χ1v) is 7.18. The molecule has 16 heavy (non-hydrogen) atoms. The highest BCUT2D eigenvalue weighted by Gasteiger charge is 2.63. The molecule has 0 aromatic heterocycles. The van der Waals surface area contributed by atoms with Gasteiger partial charge in [0.2, 0.25) is 0 Å². The van der Waals surface area contributed by atoms with E-state index < -0.39 is 0 Å². The maximum Gasteiger partial charge on any atom is 0.0676 e. The average Bonchev–Trinajstić information content (AvgIpc) is 2.26. The smallest absolute Gasteiger partial charge is 0.0676 e. The molecule has 4 fully saturated rings. The number of hydrogen-bond acceptors (Lipinski definition) is 1. The van der Waals surface area contributed by atoms with Gasteiger partial charge >= 0.3 is 0 Å². The van der Waals surface area contributed by atoms with Gasteiger partial charge in [0.05, 0.1) is 5.60 Å². The molecule has 0 amide bonds. The molecule has 0 heterocycles. The molecule has 0 aromatic carbocycles. The van der Waals surface area contributed by atoms with Crippen LogP contribution in [0.5, 0.6) is 0 Å². The lowest BCUT2D eigenvalue weighted by molar-refractivity contribution is -0.223. The Kier molecular flexibility index (Phi) is 2.11. The van der Waals surface area contributed by atoms with E-state index in [-0.39, 0.29) is 5.60 Å². The first-order valence-electron chi connectivity index (χ1n) is 7.18. The van der Waals surface area contributed by atoms with Crippen molar-refractivity contribution in [1.29, 1.82) is 0 Å². The summed E-state index contributed by atoms with van der Waals surface area (Å²) in [5.41, 5.74) is 0.853. The van der Waals surface area contributed by atoms with Crippen LogP contribution in [-0.4, -0.2) is 10.7 Å². The van der Waals surface area contributed by atoms with Crippen LogP contribution in [0, 0.1) is 22.7 Å². The first kappa shape index (κ1) is 11.1. The summed E-state index contributed by atoms with van der Waals surface area (Å²) in [4.78, 5) is 0. The second kappa shape index (κ2) is 3.04. The lowest BCUT2D eigenvalue weighted by Gasteiger charge is -2.67. The summed E-state index contributed by atoms with van der Waals surface area (Å²) in [6.45, 7) is 6.85. The fourth-order valence-electron chi connectivity index (χ4n) is 5.47. The number of rotatable bonds is 2. The van der Waals surface area contributed by atoms with E-state index in [9.17, 15) is 5.11 Å². The molecule has 4 rings (SSSR count). The SMILES string of the molecule is CCC12CC3CC(CC)(CC(C1)C3(C)O)C2. The fourth-order valence-corrected chi connectivity index (χ4v) is 5.47. The molecule has 1 heteroatoms. The Bertz CT molecular complexity index is 265. The van der Waals surface area contributed by atoms with Crippen molar-refractivity contribution in [3.63, 3.8) is 0 Å². The van der Waals surface area contributed by atoms with Crippen molar-refractivity contribution >= 4 is 0 Å². The molecule has 0 atom stereocenters. The molecule has 0 spiro atoms. The first-order chi connectivity index (χ1) is 7.45. The van der Waals surface area contributed by atoms with E-state index in [0.717, 1.165) is 0 Å². The Hall–Kier alpha value is -0.0400. The zero-order valence-corrected chi connectivity index (χ0v) is 11.1. The normalized spacial score (nSPS) is 59.2. The van der Waals surface area contributed by atoms with Crippen LogP contribution in [0.1, 0.15) is 65.7 Å². The van der Waals surface area contributed by atoms with E-state index in [1.165, 1.54) is 44.9 Å². The minimum Gasteiger partial charge on any atom is -0.390 e. The van der Waals surface area contributed by atoms with Gasteiger partial charge in [0.1, 0.15) is 0 Å². The fraction of sp³-hybridized carbons (Fsp3) is 1.00. The molecule has 4 aliphatic carbocycles. The van der Waals surface area contributed by atoms with Gasteiger partial charge in [0.25, 0.3) is 0 Å². The molecule has 0 aromatic rings. The van der Waals surface area contributed by atoms with Crippen LogP contribution in [0.3, 0.4) is 0 Å². The van der Waals surface area contributed by atoms with E-state index >= 15 is 0 Å². The third-order valence-corrected chi connectivity index (χ3v) is 6.62. The van der Waals surface area contributed by atoms with Crippen LogP contribution < -0.4 is 0 Å². The van der Waals surface area contributed by atoms with E-state index in [1.54, 1.807) is 0 Å². The highest BCUT2D eigenvalue weighted by molar-refractivity contribution is 5.14. The second-order valence-corrected chi connectivity index (χ2v) is 7.32. The maximum atomic E-state index is 10.7. The Morgan fingerprint density at radius 2 is 1.31 bits per heavy atom. The Morgan fingerprint density at radius 3 is 1.62 bits per heavy atom. The Morgan fingerprint density at radius 1 is 0.938 bits per heavy atom. The van der Waals surface area contributed by atoms with Gasteiger partial charge in [0, 0.05) is 0 Å². The lowest BCUT2D eigenvalue weighted by atomic mass is 9.39. The molecule has 0 unspecified atom stereocenters. The Labute approximate surface area is 99.6 Å². The number of hydrogen-bond donors (Lipinski definition) is 1. The summed E-state index contributed by atoms with van der Waals surface area (Å²) in [6, 6.07) is 0. The van der Waals surface area contributed by atoms with E-state index in [1.807, 2.05) is 0 Å². The zero-order valence-electron chi connectivity index (χ0n) is 11.1. The van der Waals surface area contributed by atoms with Crippen molar-refractivity contribution in [1.82, 2.24) is 0 Å². The molecule has 4 bridgehead atoms. The largest absolute Gasteiger partial charge is 0.390 e. The van der Waals surface area contributed by atoms with Crippen molar-refractivity contribution < 1.29 is 5.11 Å². The zero-order chi connectivity index (χ0) is 11.6. The van der Waals surface area contributed by atoms with E-state index in [4.69, 9.17) is 0 Å². The average molecular weight is 222 g/mol. The third kappa shape index (κ3) is 1.21. The van der Waals surface area contributed by atoms with Crippen molar-refractivity contribution in [2.24, 2.45) is 22.7 Å². The summed E-state index contributed by atoms with van der Waals surface area (Å²) in [5, 5.41) is 10.7. The van der Waals surface area contributed by atoms with Crippen molar-refractivity contribution in [3.05, 3.63) is 0 Å². The van der Waals surface area contributed by atoms with Crippen molar-refractivity contribution in [2.45, 2.75) is 71.3 Å². The van der Waals surface area contributed by atoms with Crippen LogP contribution in [0.2, 0.25) is 0 Å². The van der Waals surface area contributed by atoms with Gasteiger partial charge in [-0.15, -0.1) is 0 Å². The summed E-state index contributed by atoms with van der Waals surface area (Å²) >= 11 is 0. The standard InChI is InChI=1S/C15H26O/c1-4-14-6-11-8-15(5-2,10-14)9-12(7-14)13(11,3)16/h11-12,16H,4-10H2,1-3H3. The monoisotopic (exact) mass is 222 g/mol. The van der Waals surface area contributed by atoms with Crippen LogP contribution in [0.25, 0.3) is 0 Å². The molecule has 4 saturated carbocycles. The lowest BCUT2D eigenvalue weighted by Crippen LogP contribution is -2.62. The molecule has 4 aliphatic rings. The van der Waals surface area contributed by atoms with Gasteiger partial charge in [-0.05, 0) is 61.7 Å². The van der Waals surface area contributed by atoms with Gasteiger partial charge < -0.3 is 5.11 Å². The molecule has 0 radical (unpaired) electrons. The van der Waals surface area contributed by atoms with Gasteiger partial charge in [-0.2, -0.15) is 0 Å². The van der Waals surface area contributed by atoms with Crippen LogP contribution in [0.4, 0.5) is 0 Å². The minimum atomic E-state index is -0.349. The molecular weight excluding hydrogens is 196 g/mol.